The van der Waals surface area contributed by atoms with Crippen molar-refractivity contribution in [1.29, 1.82) is 0 Å². The molecule has 194 valence electrons. The molecule has 1 atom stereocenters. The van der Waals surface area contributed by atoms with Crippen LogP contribution in [0.15, 0.2) is 18.2 Å². The van der Waals surface area contributed by atoms with Gasteiger partial charge in [-0.1, -0.05) is 6.07 Å². The zero-order chi connectivity index (χ0) is 25.8. The summed E-state index contributed by atoms with van der Waals surface area (Å²) in [6.07, 6.45) is 1.04. The zero-order valence-electron chi connectivity index (χ0n) is 22.2. The lowest BCUT2D eigenvalue weighted by molar-refractivity contribution is -0.121. The lowest BCUT2D eigenvalue weighted by Crippen LogP contribution is -2.43. The van der Waals surface area contributed by atoms with Crippen molar-refractivity contribution in [3.05, 3.63) is 46.3 Å². The molecule has 1 N–H and O–H groups in total. The second-order valence-electron chi connectivity index (χ2n) is 9.29. The normalized spacial score (nSPS) is 15.2. The van der Waals surface area contributed by atoms with Crippen molar-refractivity contribution in [1.82, 2.24) is 25.0 Å². The van der Waals surface area contributed by atoms with E-state index < -0.39 is 0 Å². The molecule has 1 aliphatic rings. The van der Waals surface area contributed by atoms with Crippen LogP contribution in [0.2, 0.25) is 0 Å². The van der Waals surface area contributed by atoms with Crippen LogP contribution in [0.3, 0.4) is 0 Å². The number of hydrogen-bond donors (Lipinski definition) is 1. The van der Waals surface area contributed by atoms with Crippen molar-refractivity contribution < 1.29 is 19.0 Å². The van der Waals surface area contributed by atoms with E-state index in [1.165, 1.54) is 0 Å². The first kappa shape index (κ1) is 25.9. The van der Waals surface area contributed by atoms with E-state index in [1.54, 1.807) is 14.2 Å². The van der Waals surface area contributed by atoms with Gasteiger partial charge in [0.1, 0.15) is 0 Å². The number of benzene rings is 1. The summed E-state index contributed by atoms with van der Waals surface area (Å²) in [5.74, 6) is 1.39. The van der Waals surface area contributed by atoms with Gasteiger partial charge in [-0.2, -0.15) is 5.10 Å². The Hall–Kier alpha value is -3.17. The minimum absolute atomic E-state index is 0.0113. The van der Waals surface area contributed by atoms with Crippen LogP contribution in [0.1, 0.15) is 40.5 Å². The third-order valence-electron chi connectivity index (χ3n) is 7.10. The molecule has 0 aliphatic carbocycles. The number of nitrogens with one attached hydrogen (secondary N) is 1. The Kier molecular flexibility index (Phi) is 8.11. The summed E-state index contributed by atoms with van der Waals surface area (Å²) in [6, 6.07) is 5.96. The molecule has 1 aromatic carbocycles. The maximum atomic E-state index is 13.0. The summed E-state index contributed by atoms with van der Waals surface area (Å²) in [4.78, 5) is 20.1. The van der Waals surface area contributed by atoms with Crippen molar-refractivity contribution in [2.45, 2.75) is 39.7 Å². The molecule has 0 radical (unpaired) electrons. The number of fused-ring (bicyclic) bond motifs is 1. The molecule has 36 heavy (non-hydrogen) atoms. The van der Waals surface area contributed by atoms with Gasteiger partial charge in [0.2, 0.25) is 5.91 Å². The monoisotopic (exact) mass is 495 g/mol. The molecule has 0 spiro atoms. The van der Waals surface area contributed by atoms with E-state index in [4.69, 9.17) is 19.2 Å². The molecule has 9 nitrogen and oxygen atoms in total. The predicted molar refractivity (Wildman–Crippen MR) is 139 cm³/mol. The summed E-state index contributed by atoms with van der Waals surface area (Å²) in [5, 5.41) is 8.78. The first-order chi connectivity index (χ1) is 17.3. The molecule has 1 fully saturated rings. The number of rotatable bonds is 9. The number of pyridine rings is 1. The Bertz CT molecular complexity index is 1230. The molecule has 0 saturated carbocycles. The summed E-state index contributed by atoms with van der Waals surface area (Å²) in [5.41, 5.74) is 6.16. The van der Waals surface area contributed by atoms with E-state index in [0.717, 1.165) is 52.2 Å². The van der Waals surface area contributed by atoms with E-state index in [0.29, 0.717) is 44.1 Å². The summed E-state index contributed by atoms with van der Waals surface area (Å²) < 4.78 is 18.3. The Labute approximate surface area is 212 Å². The molecule has 1 saturated heterocycles. The largest absolute Gasteiger partial charge is 0.493 e. The number of carbonyl (C=O) groups is 1. The lowest BCUT2D eigenvalue weighted by Gasteiger charge is -2.35. The SMILES string of the molecule is COc1ccc([C@@H](CNC(=O)CCc2c(C)nc3c(c(C)nn3C)c2C)N2CCOCC2)cc1OC. The van der Waals surface area contributed by atoms with Gasteiger partial charge < -0.3 is 19.5 Å². The molecule has 1 amide bonds. The Balaban J connectivity index is 1.47. The van der Waals surface area contributed by atoms with Crippen LogP contribution in [0.4, 0.5) is 0 Å². The fraction of sp³-hybridized carbons (Fsp3) is 0.519. The van der Waals surface area contributed by atoms with Gasteiger partial charge in [-0.15, -0.1) is 0 Å². The highest BCUT2D eigenvalue weighted by molar-refractivity contribution is 5.84. The molecule has 3 heterocycles. The van der Waals surface area contributed by atoms with Crippen molar-refractivity contribution in [3.63, 3.8) is 0 Å². The maximum absolute atomic E-state index is 13.0. The van der Waals surface area contributed by atoms with E-state index in [9.17, 15) is 4.79 Å². The third kappa shape index (κ3) is 5.32. The Morgan fingerprint density at radius 1 is 1.11 bits per heavy atom. The lowest BCUT2D eigenvalue weighted by atomic mass is 9.99. The number of nitrogens with zero attached hydrogens (tertiary/aromatic N) is 4. The number of methoxy groups -OCH3 is 2. The van der Waals surface area contributed by atoms with E-state index in [2.05, 4.69) is 22.2 Å². The molecular weight excluding hydrogens is 458 g/mol. The summed E-state index contributed by atoms with van der Waals surface area (Å²) in [6.45, 7) is 9.60. The smallest absolute Gasteiger partial charge is 0.220 e. The number of aryl methyl sites for hydroxylation is 4. The zero-order valence-corrected chi connectivity index (χ0v) is 22.2. The van der Waals surface area contributed by atoms with E-state index in [-0.39, 0.29) is 11.9 Å². The van der Waals surface area contributed by atoms with Crippen molar-refractivity contribution >= 4 is 16.9 Å². The van der Waals surface area contributed by atoms with Crippen LogP contribution in [0, 0.1) is 20.8 Å². The topological polar surface area (TPSA) is 90.7 Å². The van der Waals surface area contributed by atoms with E-state index >= 15 is 0 Å². The van der Waals surface area contributed by atoms with Gasteiger partial charge in [0, 0.05) is 44.2 Å². The molecule has 0 bridgehead atoms. The van der Waals surface area contributed by atoms with Gasteiger partial charge in [-0.05, 0) is 56.0 Å². The predicted octanol–water partition coefficient (Wildman–Crippen LogP) is 3.03. The molecule has 9 heteroatoms. The maximum Gasteiger partial charge on any atom is 0.220 e. The van der Waals surface area contributed by atoms with Crippen molar-refractivity contribution in [3.8, 4) is 11.5 Å². The first-order valence-electron chi connectivity index (χ1n) is 12.4. The molecule has 0 unspecified atom stereocenters. The second kappa shape index (κ2) is 11.3. The standard InChI is InChI=1S/C27H37N5O4/c1-17-21(18(2)29-27-26(17)19(3)30-31(27)4)8-10-25(33)28-16-22(32-11-13-36-14-12-32)20-7-9-23(34-5)24(15-20)35-6/h7,9,15,22H,8,10-14,16H2,1-6H3,(H,28,33)/t22-/m1/s1. The Morgan fingerprint density at radius 2 is 1.83 bits per heavy atom. The van der Waals surface area contributed by atoms with E-state index in [1.807, 2.05) is 43.8 Å². The highest BCUT2D eigenvalue weighted by Crippen LogP contribution is 2.32. The average Bonchev–Trinajstić information content (AvgIpc) is 3.17. The molecule has 2 aromatic heterocycles. The van der Waals surface area contributed by atoms with Crippen LogP contribution in [0.5, 0.6) is 11.5 Å². The van der Waals surface area contributed by atoms with Crippen molar-refractivity contribution in [2.75, 3.05) is 47.1 Å². The van der Waals surface area contributed by atoms with Gasteiger partial charge >= 0.3 is 0 Å². The summed E-state index contributed by atoms with van der Waals surface area (Å²) >= 11 is 0. The van der Waals surface area contributed by atoms with Crippen LogP contribution in [0.25, 0.3) is 11.0 Å². The number of aromatic nitrogens is 3. The number of hydrogen-bond acceptors (Lipinski definition) is 7. The van der Waals surface area contributed by atoms with Gasteiger partial charge in [0.15, 0.2) is 17.1 Å². The number of morpholine rings is 1. The minimum Gasteiger partial charge on any atom is -0.493 e. The molecular formula is C27H37N5O4. The quantitative estimate of drug-likeness (QED) is 0.488. The number of ether oxygens (including phenoxy) is 3. The van der Waals surface area contributed by atoms with Gasteiger partial charge in [0.05, 0.1) is 39.2 Å². The number of carbonyl (C=O) groups excluding carboxylic acids is 1. The summed E-state index contributed by atoms with van der Waals surface area (Å²) in [7, 11) is 5.18. The Morgan fingerprint density at radius 3 is 2.53 bits per heavy atom. The van der Waals surface area contributed by atoms with Crippen LogP contribution in [-0.4, -0.2) is 72.6 Å². The van der Waals surface area contributed by atoms with Gasteiger partial charge in [0.25, 0.3) is 0 Å². The fourth-order valence-electron chi connectivity index (χ4n) is 5.17. The molecule has 4 rings (SSSR count). The number of amides is 1. The van der Waals surface area contributed by atoms with Crippen LogP contribution < -0.4 is 14.8 Å². The minimum atomic E-state index is 0.0113. The van der Waals surface area contributed by atoms with Crippen LogP contribution >= 0.6 is 0 Å². The third-order valence-corrected chi connectivity index (χ3v) is 7.10. The van der Waals surface area contributed by atoms with Gasteiger partial charge in [-0.25, -0.2) is 4.98 Å². The highest BCUT2D eigenvalue weighted by Gasteiger charge is 2.25. The average molecular weight is 496 g/mol. The first-order valence-corrected chi connectivity index (χ1v) is 12.4. The molecule has 3 aromatic rings. The fourth-order valence-corrected chi connectivity index (χ4v) is 5.17. The van der Waals surface area contributed by atoms with Crippen molar-refractivity contribution in [2.24, 2.45) is 7.05 Å². The van der Waals surface area contributed by atoms with Gasteiger partial charge in [-0.3, -0.25) is 14.4 Å². The molecule has 1 aliphatic heterocycles. The highest BCUT2D eigenvalue weighted by atomic mass is 16.5. The van der Waals surface area contributed by atoms with Crippen LogP contribution in [-0.2, 0) is 23.0 Å². The second-order valence-corrected chi connectivity index (χ2v) is 9.29.